The van der Waals surface area contributed by atoms with Crippen LogP contribution < -0.4 is 10.1 Å². The second-order valence-electron chi connectivity index (χ2n) is 3.07. The van der Waals surface area contributed by atoms with Crippen LogP contribution in [-0.4, -0.2) is 13.7 Å². The predicted octanol–water partition coefficient (Wildman–Crippen LogP) is 2.37. The summed E-state index contributed by atoms with van der Waals surface area (Å²) in [5, 5.41) is 3.13. The summed E-state index contributed by atoms with van der Waals surface area (Å²) in [5.74, 6) is 1.06. The maximum atomic E-state index is 5.41. The topological polar surface area (TPSA) is 21.3 Å². The van der Waals surface area contributed by atoms with Crippen LogP contribution >= 0.6 is 0 Å². The van der Waals surface area contributed by atoms with Gasteiger partial charge in [0.25, 0.3) is 0 Å². The molecule has 2 heteroatoms. The van der Waals surface area contributed by atoms with Gasteiger partial charge in [-0.2, -0.15) is 0 Å². The predicted molar refractivity (Wildman–Crippen MR) is 59.8 cm³/mol. The van der Waals surface area contributed by atoms with Gasteiger partial charge in [-0.05, 0) is 24.2 Å². The van der Waals surface area contributed by atoms with Crippen molar-refractivity contribution in [1.29, 1.82) is 0 Å². The molecule has 1 N–H and O–H groups in total. The zero-order chi connectivity index (χ0) is 10.4. The van der Waals surface area contributed by atoms with Gasteiger partial charge < -0.3 is 10.1 Å². The van der Waals surface area contributed by atoms with Crippen molar-refractivity contribution in [2.45, 2.75) is 26.8 Å². The lowest BCUT2D eigenvalue weighted by Crippen LogP contribution is -2.04. The van der Waals surface area contributed by atoms with Gasteiger partial charge in [0.15, 0.2) is 0 Å². The van der Waals surface area contributed by atoms with E-state index in [0.29, 0.717) is 0 Å². The van der Waals surface area contributed by atoms with Crippen LogP contribution in [0, 0.1) is 0 Å². The molecule has 2 nitrogen and oxygen atoms in total. The molecule has 0 saturated carbocycles. The van der Waals surface area contributed by atoms with Gasteiger partial charge in [-0.25, -0.2) is 0 Å². The molecule has 2 rings (SSSR count). The summed E-state index contributed by atoms with van der Waals surface area (Å²) in [6.07, 6.45) is 1.06. The lowest BCUT2D eigenvalue weighted by Gasteiger charge is -2.02. The summed E-state index contributed by atoms with van der Waals surface area (Å²) in [7, 11) is 1.96. The largest absolute Gasteiger partial charge is 0.493 e. The van der Waals surface area contributed by atoms with Crippen molar-refractivity contribution < 1.29 is 4.74 Å². The Labute approximate surface area is 86.3 Å². The van der Waals surface area contributed by atoms with Crippen LogP contribution in [0.5, 0.6) is 5.75 Å². The van der Waals surface area contributed by atoms with Crippen LogP contribution in [0.1, 0.15) is 25.0 Å². The summed E-state index contributed by atoms with van der Waals surface area (Å²) >= 11 is 0. The molecule has 0 fully saturated rings. The third-order valence-corrected chi connectivity index (χ3v) is 2.13. The first-order valence-corrected chi connectivity index (χ1v) is 5.29. The Balaban J connectivity index is 0.000000461. The van der Waals surface area contributed by atoms with Gasteiger partial charge in [-0.3, -0.25) is 0 Å². The summed E-state index contributed by atoms with van der Waals surface area (Å²) in [4.78, 5) is 0. The van der Waals surface area contributed by atoms with Crippen molar-refractivity contribution in [3.63, 3.8) is 0 Å². The average molecular weight is 193 g/mol. The van der Waals surface area contributed by atoms with Crippen molar-refractivity contribution >= 4 is 0 Å². The maximum absolute atomic E-state index is 5.41. The number of fused-ring (bicyclic) bond motifs is 1. The number of hydrogen-bond donors (Lipinski definition) is 1. The number of nitrogens with one attached hydrogen (secondary N) is 1. The van der Waals surface area contributed by atoms with Crippen molar-refractivity contribution in [3.05, 3.63) is 29.3 Å². The lowest BCUT2D eigenvalue weighted by atomic mass is 10.1. The smallest absolute Gasteiger partial charge is 0.122 e. The van der Waals surface area contributed by atoms with Crippen molar-refractivity contribution in [2.75, 3.05) is 13.7 Å². The summed E-state index contributed by atoms with van der Waals surface area (Å²) in [6.45, 7) is 5.78. The second-order valence-corrected chi connectivity index (χ2v) is 3.07. The lowest BCUT2D eigenvalue weighted by molar-refractivity contribution is 0.357. The maximum Gasteiger partial charge on any atom is 0.122 e. The molecule has 1 aromatic rings. The third-order valence-electron chi connectivity index (χ3n) is 2.13. The number of benzene rings is 1. The first-order chi connectivity index (χ1) is 6.90. The van der Waals surface area contributed by atoms with E-state index in [1.807, 2.05) is 20.9 Å². The van der Waals surface area contributed by atoms with E-state index >= 15 is 0 Å². The van der Waals surface area contributed by atoms with E-state index in [4.69, 9.17) is 4.74 Å². The van der Waals surface area contributed by atoms with E-state index in [9.17, 15) is 0 Å². The Morgan fingerprint density at radius 1 is 1.36 bits per heavy atom. The first-order valence-electron chi connectivity index (χ1n) is 5.29. The second kappa shape index (κ2) is 5.66. The van der Waals surface area contributed by atoms with Gasteiger partial charge in [-0.15, -0.1) is 0 Å². The van der Waals surface area contributed by atoms with Crippen LogP contribution in [0.3, 0.4) is 0 Å². The SMILES string of the molecule is CC.CNCc1ccc2c(c1)CCO2. The molecule has 78 valence electrons. The molecule has 0 bridgehead atoms. The first kappa shape index (κ1) is 11.1. The Hall–Kier alpha value is -1.02. The molecule has 0 saturated heterocycles. The Morgan fingerprint density at radius 2 is 2.14 bits per heavy atom. The molecule has 1 heterocycles. The molecular weight excluding hydrogens is 174 g/mol. The van der Waals surface area contributed by atoms with Gasteiger partial charge in [0.2, 0.25) is 0 Å². The molecule has 0 amide bonds. The van der Waals surface area contributed by atoms with Crippen LogP contribution in [0.25, 0.3) is 0 Å². The normalized spacial score (nSPS) is 12.5. The molecule has 0 atom stereocenters. The minimum absolute atomic E-state index is 0.846. The molecule has 0 spiro atoms. The fourth-order valence-corrected chi connectivity index (χ4v) is 1.55. The van der Waals surface area contributed by atoms with Crippen LogP contribution in [0.4, 0.5) is 0 Å². The van der Waals surface area contributed by atoms with E-state index in [1.165, 1.54) is 11.1 Å². The highest BCUT2D eigenvalue weighted by molar-refractivity contribution is 5.39. The molecule has 1 aliphatic heterocycles. The van der Waals surface area contributed by atoms with Crippen LogP contribution in [-0.2, 0) is 13.0 Å². The summed E-state index contributed by atoms with van der Waals surface area (Å²) < 4.78 is 5.41. The van der Waals surface area contributed by atoms with Crippen molar-refractivity contribution in [3.8, 4) is 5.75 Å². The Morgan fingerprint density at radius 3 is 2.86 bits per heavy atom. The molecule has 0 unspecified atom stereocenters. The van der Waals surface area contributed by atoms with Gasteiger partial charge >= 0.3 is 0 Å². The average Bonchev–Trinajstić information content (AvgIpc) is 2.68. The minimum Gasteiger partial charge on any atom is -0.493 e. The molecule has 0 aliphatic carbocycles. The van der Waals surface area contributed by atoms with Gasteiger partial charge in [0.1, 0.15) is 5.75 Å². The third kappa shape index (κ3) is 2.48. The number of hydrogen-bond acceptors (Lipinski definition) is 2. The zero-order valence-electron chi connectivity index (χ0n) is 9.26. The molecule has 1 aliphatic rings. The standard InChI is InChI=1S/C10H13NO.C2H6/c1-11-7-8-2-3-10-9(6-8)4-5-12-10;1-2/h2-3,6,11H,4-5,7H2,1H3;1-2H3. The highest BCUT2D eigenvalue weighted by Gasteiger charge is 2.11. The van der Waals surface area contributed by atoms with E-state index in [0.717, 1.165) is 25.3 Å². The highest BCUT2D eigenvalue weighted by Crippen LogP contribution is 2.25. The van der Waals surface area contributed by atoms with E-state index in [1.54, 1.807) is 0 Å². The van der Waals surface area contributed by atoms with Crippen LogP contribution in [0.2, 0.25) is 0 Å². The minimum atomic E-state index is 0.846. The summed E-state index contributed by atoms with van der Waals surface area (Å²) in [5.41, 5.74) is 2.68. The molecule has 0 radical (unpaired) electrons. The van der Waals surface area contributed by atoms with Gasteiger partial charge in [0.05, 0.1) is 6.61 Å². The quantitative estimate of drug-likeness (QED) is 0.778. The molecule has 1 aromatic carbocycles. The zero-order valence-corrected chi connectivity index (χ0v) is 9.26. The number of rotatable bonds is 2. The molecular formula is C12H19NO. The van der Waals surface area contributed by atoms with Crippen LogP contribution in [0.15, 0.2) is 18.2 Å². The fraction of sp³-hybridized carbons (Fsp3) is 0.500. The Kier molecular flexibility index (Phi) is 4.47. The van der Waals surface area contributed by atoms with E-state index < -0.39 is 0 Å². The fourth-order valence-electron chi connectivity index (χ4n) is 1.55. The van der Waals surface area contributed by atoms with E-state index in [2.05, 4.69) is 23.5 Å². The molecule has 14 heavy (non-hydrogen) atoms. The van der Waals surface area contributed by atoms with Gasteiger partial charge in [-0.1, -0.05) is 26.0 Å². The highest BCUT2D eigenvalue weighted by atomic mass is 16.5. The van der Waals surface area contributed by atoms with Crippen molar-refractivity contribution in [1.82, 2.24) is 5.32 Å². The van der Waals surface area contributed by atoms with E-state index in [-0.39, 0.29) is 0 Å². The molecule has 0 aromatic heterocycles. The van der Waals surface area contributed by atoms with Gasteiger partial charge in [0, 0.05) is 13.0 Å². The Bertz CT molecular complexity index is 284. The number of ether oxygens (including phenoxy) is 1. The summed E-state index contributed by atoms with van der Waals surface area (Å²) in [6, 6.07) is 6.40. The monoisotopic (exact) mass is 193 g/mol. The van der Waals surface area contributed by atoms with Crippen molar-refractivity contribution in [2.24, 2.45) is 0 Å².